The van der Waals surface area contributed by atoms with E-state index in [0.29, 0.717) is 24.2 Å². The number of benzene rings is 2. The summed E-state index contributed by atoms with van der Waals surface area (Å²) < 4.78 is 0. The van der Waals surface area contributed by atoms with Crippen LogP contribution in [0.1, 0.15) is 49.7 Å². The van der Waals surface area contributed by atoms with E-state index in [1.807, 2.05) is 60.7 Å². The van der Waals surface area contributed by atoms with Gasteiger partial charge in [0.1, 0.15) is 12.1 Å². The van der Waals surface area contributed by atoms with Gasteiger partial charge in [-0.1, -0.05) is 60.7 Å². The molecule has 0 heterocycles. The summed E-state index contributed by atoms with van der Waals surface area (Å²) in [6.07, 6.45) is 6.95. The summed E-state index contributed by atoms with van der Waals surface area (Å²) in [5.41, 5.74) is 1.38. The summed E-state index contributed by atoms with van der Waals surface area (Å²) in [5.74, 6) is 0.299. The average molecular weight is 475 g/mol. The number of carbonyl (C=O) groups excluding carboxylic acids is 2. The first-order chi connectivity index (χ1) is 16.9. The highest BCUT2D eigenvalue weighted by molar-refractivity contribution is 5.92. The van der Waals surface area contributed by atoms with E-state index in [0.717, 1.165) is 30.4 Å². The number of amides is 2. The van der Waals surface area contributed by atoms with Gasteiger partial charge in [0, 0.05) is 18.3 Å². The first kappa shape index (κ1) is 23.6. The molecule has 0 radical (unpaired) electrons. The van der Waals surface area contributed by atoms with Gasteiger partial charge >= 0.3 is 5.97 Å². The Balaban J connectivity index is 1.33. The van der Waals surface area contributed by atoms with Crippen LogP contribution in [-0.2, 0) is 27.2 Å². The van der Waals surface area contributed by atoms with Gasteiger partial charge in [0.05, 0.1) is 0 Å². The molecular weight excluding hydrogens is 440 g/mol. The minimum absolute atomic E-state index is 0.0254. The smallest absolute Gasteiger partial charge is 0.326 e. The van der Waals surface area contributed by atoms with Gasteiger partial charge in [0.2, 0.25) is 11.8 Å². The highest BCUT2D eigenvalue weighted by Gasteiger charge is 2.55. The summed E-state index contributed by atoms with van der Waals surface area (Å²) in [5, 5.41) is 15.6. The normalized spacial score (nSPS) is 28.2. The monoisotopic (exact) mass is 474 g/mol. The van der Waals surface area contributed by atoms with Gasteiger partial charge in [0.25, 0.3) is 0 Å². The maximum absolute atomic E-state index is 13.7. The molecule has 0 unspecified atom stereocenters. The molecule has 0 saturated heterocycles. The topological polar surface area (TPSA) is 95.5 Å². The number of aliphatic carboxylic acids is 1. The van der Waals surface area contributed by atoms with Crippen molar-refractivity contribution in [2.45, 2.75) is 63.5 Å². The second-order valence-corrected chi connectivity index (χ2v) is 11.0. The summed E-state index contributed by atoms with van der Waals surface area (Å²) >= 11 is 0. The highest BCUT2D eigenvalue weighted by Crippen LogP contribution is 2.60. The Morgan fingerprint density at radius 2 is 1.20 bits per heavy atom. The van der Waals surface area contributed by atoms with Crippen molar-refractivity contribution < 1.29 is 19.5 Å². The third-order valence-electron chi connectivity index (χ3n) is 8.32. The standard InChI is InChI=1S/C29H34N2O4/c32-26(30-25(27(33)34)15-20-9-5-2-6-10-20)24(14-19-7-3-1-4-8-19)31-28(35)29-16-21-11-22(17-29)13-23(12-21)18-29/h1-10,21-25H,11-18H2,(H,30,32)(H,31,35)(H,33,34)/t21?,22?,23?,24-,25+,29?/m0/s1. The fourth-order valence-electron chi connectivity index (χ4n) is 7.08. The van der Waals surface area contributed by atoms with Crippen LogP contribution in [0.15, 0.2) is 60.7 Å². The molecule has 0 aliphatic heterocycles. The summed E-state index contributed by atoms with van der Waals surface area (Å²) in [6.45, 7) is 0. The minimum Gasteiger partial charge on any atom is -0.480 e. The van der Waals surface area contributed by atoms with Gasteiger partial charge in [-0.3, -0.25) is 9.59 Å². The van der Waals surface area contributed by atoms with Crippen molar-refractivity contribution in [3.8, 4) is 0 Å². The van der Waals surface area contributed by atoms with Crippen molar-refractivity contribution >= 4 is 17.8 Å². The Kier molecular flexibility index (Phi) is 6.63. The van der Waals surface area contributed by atoms with Crippen molar-refractivity contribution in [2.24, 2.45) is 23.2 Å². The molecule has 6 heteroatoms. The number of hydrogen-bond donors (Lipinski definition) is 3. The summed E-state index contributed by atoms with van der Waals surface area (Å²) in [4.78, 5) is 39.1. The molecule has 4 fully saturated rings. The predicted molar refractivity (Wildman–Crippen MR) is 132 cm³/mol. The van der Waals surface area contributed by atoms with Gasteiger partial charge in [-0.05, 0) is 67.4 Å². The van der Waals surface area contributed by atoms with Gasteiger partial charge in [0.15, 0.2) is 0 Å². The largest absolute Gasteiger partial charge is 0.480 e. The van der Waals surface area contributed by atoms with Crippen molar-refractivity contribution in [1.82, 2.24) is 10.6 Å². The first-order valence-electron chi connectivity index (χ1n) is 12.8. The van der Waals surface area contributed by atoms with Crippen LogP contribution in [0.25, 0.3) is 0 Å². The molecule has 3 N–H and O–H groups in total. The SMILES string of the molecule is O=C(N[C@H](Cc1ccccc1)C(=O)O)[C@H](Cc1ccccc1)NC(=O)C12CC3CC(CC(C3)C1)C2. The van der Waals surface area contributed by atoms with Crippen LogP contribution in [0.4, 0.5) is 0 Å². The van der Waals surface area contributed by atoms with E-state index in [-0.39, 0.29) is 17.7 Å². The van der Waals surface area contributed by atoms with Crippen LogP contribution in [-0.4, -0.2) is 35.0 Å². The maximum atomic E-state index is 13.7. The quantitative estimate of drug-likeness (QED) is 0.516. The zero-order valence-electron chi connectivity index (χ0n) is 20.0. The van der Waals surface area contributed by atoms with Gasteiger partial charge in [-0.25, -0.2) is 4.79 Å². The molecule has 6 rings (SSSR count). The molecule has 2 amide bonds. The van der Waals surface area contributed by atoms with Crippen LogP contribution >= 0.6 is 0 Å². The van der Waals surface area contributed by atoms with Crippen LogP contribution in [0.3, 0.4) is 0 Å². The number of nitrogens with one attached hydrogen (secondary N) is 2. The lowest BCUT2D eigenvalue weighted by molar-refractivity contribution is -0.148. The van der Waals surface area contributed by atoms with Crippen LogP contribution in [0.2, 0.25) is 0 Å². The number of rotatable bonds is 9. The molecule has 2 atom stereocenters. The van der Waals surface area contributed by atoms with E-state index in [1.165, 1.54) is 19.3 Å². The number of hydrogen-bond acceptors (Lipinski definition) is 3. The van der Waals surface area contributed by atoms with E-state index in [9.17, 15) is 19.5 Å². The molecular formula is C29H34N2O4. The lowest BCUT2D eigenvalue weighted by Gasteiger charge is -2.55. The zero-order valence-corrected chi connectivity index (χ0v) is 20.0. The first-order valence-corrected chi connectivity index (χ1v) is 12.8. The Morgan fingerprint density at radius 1 is 0.743 bits per heavy atom. The van der Waals surface area contributed by atoms with Gasteiger partial charge in [-0.2, -0.15) is 0 Å². The van der Waals surface area contributed by atoms with E-state index >= 15 is 0 Å². The summed E-state index contributed by atoms with van der Waals surface area (Å²) in [7, 11) is 0. The van der Waals surface area contributed by atoms with Gasteiger partial charge < -0.3 is 15.7 Å². The van der Waals surface area contributed by atoms with Crippen molar-refractivity contribution in [1.29, 1.82) is 0 Å². The lowest BCUT2D eigenvalue weighted by atomic mass is 9.49. The van der Waals surface area contributed by atoms with E-state index in [2.05, 4.69) is 10.6 Å². The number of carboxylic acids is 1. The van der Waals surface area contributed by atoms with E-state index in [1.54, 1.807) is 0 Å². The third kappa shape index (κ3) is 5.26. The number of carbonyl (C=O) groups is 3. The van der Waals surface area contributed by atoms with E-state index < -0.39 is 24.0 Å². The summed E-state index contributed by atoms with van der Waals surface area (Å²) in [6, 6.07) is 16.9. The van der Waals surface area contributed by atoms with Crippen LogP contribution < -0.4 is 10.6 Å². The Labute approximate surface area is 206 Å². The molecule has 0 spiro atoms. The van der Waals surface area contributed by atoms with E-state index in [4.69, 9.17) is 0 Å². The lowest BCUT2D eigenvalue weighted by Crippen LogP contribution is -2.59. The van der Waals surface area contributed by atoms with Crippen molar-refractivity contribution in [3.63, 3.8) is 0 Å². The second kappa shape index (κ2) is 9.84. The van der Waals surface area contributed by atoms with Crippen molar-refractivity contribution in [3.05, 3.63) is 71.8 Å². The predicted octanol–water partition coefficient (Wildman–Crippen LogP) is 3.74. The maximum Gasteiger partial charge on any atom is 0.326 e. The molecule has 4 aliphatic rings. The molecule has 2 aromatic carbocycles. The van der Waals surface area contributed by atoms with Gasteiger partial charge in [-0.15, -0.1) is 0 Å². The fraction of sp³-hybridized carbons (Fsp3) is 0.483. The molecule has 4 bridgehead atoms. The minimum atomic E-state index is -1.09. The van der Waals surface area contributed by atoms with Crippen molar-refractivity contribution in [2.75, 3.05) is 0 Å². The van der Waals surface area contributed by atoms with Crippen LogP contribution in [0, 0.1) is 23.2 Å². The molecule has 184 valence electrons. The molecule has 35 heavy (non-hydrogen) atoms. The third-order valence-corrected chi connectivity index (χ3v) is 8.32. The number of carboxylic acid groups (broad SMARTS) is 1. The second-order valence-electron chi connectivity index (χ2n) is 11.0. The zero-order chi connectivity index (χ0) is 24.4. The average Bonchev–Trinajstić information content (AvgIpc) is 2.83. The molecule has 4 aliphatic carbocycles. The highest BCUT2D eigenvalue weighted by atomic mass is 16.4. The Bertz CT molecular complexity index is 1030. The molecule has 4 saturated carbocycles. The van der Waals surface area contributed by atoms with Crippen LogP contribution in [0.5, 0.6) is 0 Å². The fourth-order valence-corrected chi connectivity index (χ4v) is 7.08. The molecule has 2 aromatic rings. The molecule has 6 nitrogen and oxygen atoms in total. The molecule has 0 aromatic heterocycles. The Hall–Kier alpha value is -3.15. The Morgan fingerprint density at radius 3 is 1.66 bits per heavy atom.